The van der Waals surface area contributed by atoms with Crippen LogP contribution in [0.2, 0.25) is 0 Å². The maximum Gasteiger partial charge on any atom is 0.321 e. The van der Waals surface area contributed by atoms with Crippen molar-refractivity contribution in [2.75, 3.05) is 19.1 Å². The lowest BCUT2D eigenvalue weighted by atomic mass is 10.0. The van der Waals surface area contributed by atoms with E-state index in [-0.39, 0.29) is 6.03 Å². The molecule has 110 valence electrons. The summed E-state index contributed by atoms with van der Waals surface area (Å²) in [6.07, 6.45) is 0. The standard InChI is InChI=1S/C14H20N2O4/c1-9(13(17)18)10(2)15-14(19)16(3)11-7-5-6-8-12(11)20-4/h5-10H,1-4H3,(H,15,19)(H,17,18). The first kappa shape index (κ1) is 15.8. The predicted molar refractivity (Wildman–Crippen MR) is 76.2 cm³/mol. The van der Waals surface area contributed by atoms with E-state index in [4.69, 9.17) is 9.84 Å². The Balaban J connectivity index is 2.79. The first-order valence-corrected chi connectivity index (χ1v) is 6.28. The molecule has 0 aliphatic carbocycles. The number of carbonyl (C=O) groups excluding carboxylic acids is 1. The quantitative estimate of drug-likeness (QED) is 0.864. The van der Waals surface area contributed by atoms with Crippen molar-refractivity contribution in [2.24, 2.45) is 5.92 Å². The molecule has 2 N–H and O–H groups in total. The Labute approximate surface area is 118 Å². The molecule has 0 aliphatic heterocycles. The Morgan fingerprint density at radius 1 is 1.30 bits per heavy atom. The number of methoxy groups -OCH3 is 1. The monoisotopic (exact) mass is 280 g/mol. The number of nitrogens with one attached hydrogen (secondary N) is 1. The number of hydrogen-bond donors (Lipinski definition) is 2. The normalized spacial score (nSPS) is 13.2. The average Bonchev–Trinajstić information content (AvgIpc) is 2.45. The van der Waals surface area contributed by atoms with Crippen LogP contribution in [-0.4, -0.2) is 37.3 Å². The van der Waals surface area contributed by atoms with E-state index in [1.54, 1.807) is 39.1 Å². The molecule has 0 saturated heterocycles. The van der Waals surface area contributed by atoms with Crippen LogP contribution in [0.1, 0.15) is 13.8 Å². The lowest BCUT2D eigenvalue weighted by molar-refractivity contribution is -0.141. The number of carbonyl (C=O) groups is 2. The number of hydrogen-bond acceptors (Lipinski definition) is 3. The van der Waals surface area contributed by atoms with E-state index in [2.05, 4.69) is 5.32 Å². The van der Waals surface area contributed by atoms with Crippen molar-refractivity contribution < 1.29 is 19.4 Å². The Morgan fingerprint density at radius 3 is 2.45 bits per heavy atom. The molecule has 2 atom stereocenters. The SMILES string of the molecule is COc1ccccc1N(C)C(=O)NC(C)C(C)C(=O)O. The van der Waals surface area contributed by atoms with Crippen molar-refractivity contribution in [3.63, 3.8) is 0 Å². The van der Waals surface area contributed by atoms with Crippen molar-refractivity contribution in [3.8, 4) is 5.75 Å². The number of amides is 2. The van der Waals surface area contributed by atoms with Gasteiger partial charge in [0.25, 0.3) is 0 Å². The third-order valence-electron chi connectivity index (χ3n) is 3.24. The third-order valence-corrected chi connectivity index (χ3v) is 3.24. The summed E-state index contributed by atoms with van der Waals surface area (Å²) in [5, 5.41) is 11.6. The molecule has 0 aliphatic rings. The molecule has 2 unspecified atom stereocenters. The van der Waals surface area contributed by atoms with Crippen LogP contribution in [-0.2, 0) is 4.79 Å². The summed E-state index contributed by atoms with van der Waals surface area (Å²) >= 11 is 0. The smallest absolute Gasteiger partial charge is 0.321 e. The van der Waals surface area contributed by atoms with Gasteiger partial charge in [-0.1, -0.05) is 12.1 Å². The number of benzene rings is 1. The number of anilines is 1. The molecule has 2 amide bonds. The van der Waals surface area contributed by atoms with Crippen molar-refractivity contribution in [1.82, 2.24) is 5.32 Å². The second-order valence-electron chi connectivity index (χ2n) is 4.60. The first-order chi connectivity index (χ1) is 9.38. The van der Waals surface area contributed by atoms with Gasteiger partial charge in [-0.25, -0.2) is 4.79 Å². The molecule has 0 aromatic heterocycles. The Kier molecular flexibility index (Phi) is 5.37. The van der Waals surface area contributed by atoms with E-state index >= 15 is 0 Å². The molecule has 1 aromatic rings. The highest BCUT2D eigenvalue weighted by Crippen LogP contribution is 2.26. The van der Waals surface area contributed by atoms with Gasteiger partial charge in [0.2, 0.25) is 0 Å². The summed E-state index contributed by atoms with van der Waals surface area (Å²) in [6, 6.07) is 6.26. The fourth-order valence-corrected chi connectivity index (χ4v) is 1.65. The lowest BCUT2D eigenvalue weighted by Crippen LogP contribution is -2.46. The van der Waals surface area contributed by atoms with Crippen LogP contribution in [0.15, 0.2) is 24.3 Å². The number of para-hydroxylation sites is 2. The van der Waals surface area contributed by atoms with E-state index < -0.39 is 17.9 Å². The molecule has 20 heavy (non-hydrogen) atoms. The molecule has 0 spiro atoms. The van der Waals surface area contributed by atoms with Crippen LogP contribution in [0.25, 0.3) is 0 Å². The maximum atomic E-state index is 12.1. The number of aliphatic carboxylic acids is 1. The minimum atomic E-state index is -0.947. The molecular formula is C14H20N2O4. The molecule has 6 nitrogen and oxygen atoms in total. The number of carboxylic acids is 1. The van der Waals surface area contributed by atoms with Crippen LogP contribution in [0.4, 0.5) is 10.5 Å². The fraction of sp³-hybridized carbons (Fsp3) is 0.429. The minimum absolute atomic E-state index is 0.380. The molecular weight excluding hydrogens is 260 g/mol. The third kappa shape index (κ3) is 3.63. The van der Waals surface area contributed by atoms with Crippen LogP contribution in [0.3, 0.4) is 0 Å². The van der Waals surface area contributed by atoms with Gasteiger partial charge in [-0.05, 0) is 26.0 Å². The summed E-state index contributed by atoms with van der Waals surface area (Å²) in [7, 11) is 3.13. The van der Waals surface area contributed by atoms with E-state index in [0.717, 1.165) is 0 Å². The summed E-state index contributed by atoms with van der Waals surface area (Å²) in [5.41, 5.74) is 0.614. The Bertz CT molecular complexity index is 490. The number of carboxylic acid groups (broad SMARTS) is 1. The van der Waals surface area contributed by atoms with Gasteiger partial charge < -0.3 is 15.2 Å². The second kappa shape index (κ2) is 6.79. The van der Waals surface area contributed by atoms with Gasteiger partial charge >= 0.3 is 12.0 Å². The zero-order chi connectivity index (χ0) is 15.3. The Hall–Kier alpha value is -2.24. The number of ether oxygens (including phenoxy) is 1. The van der Waals surface area contributed by atoms with Crippen molar-refractivity contribution in [1.29, 1.82) is 0 Å². The van der Waals surface area contributed by atoms with Crippen LogP contribution >= 0.6 is 0 Å². The minimum Gasteiger partial charge on any atom is -0.495 e. The van der Waals surface area contributed by atoms with Gasteiger partial charge in [0.15, 0.2) is 0 Å². The maximum absolute atomic E-state index is 12.1. The number of nitrogens with zero attached hydrogens (tertiary/aromatic N) is 1. The van der Waals surface area contributed by atoms with Gasteiger partial charge in [0.05, 0.1) is 18.7 Å². The molecule has 6 heteroatoms. The van der Waals surface area contributed by atoms with Gasteiger partial charge in [-0.15, -0.1) is 0 Å². The largest absolute Gasteiger partial charge is 0.495 e. The van der Waals surface area contributed by atoms with E-state index in [1.165, 1.54) is 12.0 Å². The topological polar surface area (TPSA) is 78.9 Å². The average molecular weight is 280 g/mol. The summed E-state index contributed by atoms with van der Waals surface area (Å²) in [6.45, 7) is 3.21. The van der Waals surface area contributed by atoms with Crippen LogP contribution < -0.4 is 15.0 Å². The molecule has 0 heterocycles. The highest BCUT2D eigenvalue weighted by atomic mass is 16.5. The van der Waals surface area contributed by atoms with Gasteiger partial charge in [0, 0.05) is 13.1 Å². The molecule has 1 aromatic carbocycles. The summed E-state index contributed by atoms with van der Waals surface area (Å²) < 4.78 is 5.19. The highest BCUT2D eigenvalue weighted by Gasteiger charge is 2.23. The van der Waals surface area contributed by atoms with Crippen molar-refractivity contribution in [3.05, 3.63) is 24.3 Å². The highest BCUT2D eigenvalue weighted by molar-refractivity contribution is 5.93. The molecule has 0 radical (unpaired) electrons. The van der Waals surface area contributed by atoms with Crippen molar-refractivity contribution >= 4 is 17.7 Å². The first-order valence-electron chi connectivity index (χ1n) is 6.28. The van der Waals surface area contributed by atoms with E-state index in [9.17, 15) is 9.59 Å². The fourth-order valence-electron chi connectivity index (χ4n) is 1.65. The van der Waals surface area contributed by atoms with Gasteiger partial charge in [-0.3, -0.25) is 9.69 Å². The zero-order valence-electron chi connectivity index (χ0n) is 12.1. The summed E-state index contributed by atoms with van der Waals surface area (Å²) in [5.74, 6) is -1.04. The summed E-state index contributed by atoms with van der Waals surface area (Å²) in [4.78, 5) is 24.4. The van der Waals surface area contributed by atoms with Gasteiger partial charge in [0.1, 0.15) is 5.75 Å². The van der Waals surface area contributed by atoms with Crippen molar-refractivity contribution in [2.45, 2.75) is 19.9 Å². The number of urea groups is 1. The lowest BCUT2D eigenvalue weighted by Gasteiger charge is -2.24. The zero-order valence-corrected chi connectivity index (χ0v) is 12.1. The second-order valence-corrected chi connectivity index (χ2v) is 4.60. The van der Waals surface area contributed by atoms with E-state index in [0.29, 0.717) is 11.4 Å². The molecule has 1 rings (SSSR count). The van der Waals surface area contributed by atoms with E-state index in [1.807, 2.05) is 6.07 Å². The van der Waals surface area contributed by atoms with Crippen LogP contribution in [0.5, 0.6) is 5.75 Å². The Morgan fingerprint density at radius 2 is 1.90 bits per heavy atom. The number of rotatable bonds is 5. The van der Waals surface area contributed by atoms with Gasteiger partial charge in [-0.2, -0.15) is 0 Å². The molecule has 0 bridgehead atoms. The molecule has 0 fully saturated rings. The van der Waals surface area contributed by atoms with Crippen LogP contribution in [0, 0.1) is 5.92 Å². The molecule has 0 saturated carbocycles. The predicted octanol–water partition coefficient (Wildman–Crippen LogP) is 1.95.